The Hall–Kier alpha value is -3.18. The molecule has 1 aromatic heterocycles. The van der Waals surface area contributed by atoms with Gasteiger partial charge in [0, 0.05) is 39.9 Å². The first-order valence-electron chi connectivity index (χ1n) is 14.3. The van der Waals surface area contributed by atoms with Crippen molar-refractivity contribution in [3.63, 3.8) is 0 Å². The van der Waals surface area contributed by atoms with Gasteiger partial charge in [0.15, 0.2) is 5.58 Å². The highest BCUT2D eigenvalue weighted by Crippen LogP contribution is 2.26. The van der Waals surface area contributed by atoms with E-state index in [9.17, 15) is 14.9 Å². The van der Waals surface area contributed by atoms with Gasteiger partial charge in [-0.3, -0.25) is 19.0 Å². The largest absolute Gasteiger partial charge is 0.419 e. The minimum Gasteiger partial charge on any atom is -0.408 e. The molecule has 0 unspecified atom stereocenters. The average molecular weight is 596 g/mol. The van der Waals surface area contributed by atoms with Gasteiger partial charge >= 0.3 is 5.76 Å². The van der Waals surface area contributed by atoms with Crippen LogP contribution in [0.25, 0.3) is 22.2 Å². The summed E-state index contributed by atoms with van der Waals surface area (Å²) in [6.07, 6.45) is 0.806. The third kappa shape index (κ3) is 7.60. The van der Waals surface area contributed by atoms with Gasteiger partial charge in [0.25, 0.3) is 5.91 Å². The second-order valence-electron chi connectivity index (χ2n) is 10.4. The van der Waals surface area contributed by atoms with Crippen LogP contribution in [0.5, 0.6) is 0 Å². The molecule has 0 spiro atoms. The van der Waals surface area contributed by atoms with Crippen LogP contribution in [0.3, 0.4) is 0 Å². The summed E-state index contributed by atoms with van der Waals surface area (Å²) in [7, 11) is 1.69. The van der Waals surface area contributed by atoms with Gasteiger partial charge in [-0.05, 0) is 60.2 Å². The lowest BCUT2D eigenvalue weighted by Gasteiger charge is -2.37. The molecular formula is C30H37N5O6S. The van der Waals surface area contributed by atoms with Gasteiger partial charge in [-0.2, -0.15) is 5.26 Å². The van der Waals surface area contributed by atoms with Crippen LogP contribution < -0.4 is 15.8 Å². The van der Waals surface area contributed by atoms with E-state index in [0.29, 0.717) is 64.1 Å². The molecule has 11 nitrogen and oxygen atoms in total. The van der Waals surface area contributed by atoms with E-state index in [1.807, 2.05) is 42.5 Å². The van der Waals surface area contributed by atoms with Gasteiger partial charge in [0.05, 0.1) is 37.4 Å². The van der Waals surface area contributed by atoms with Crippen LogP contribution in [-0.4, -0.2) is 92.5 Å². The summed E-state index contributed by atoms with van der Waals surface area (Å²) in [4.78, 5) is 27.5. The molecule has 3 aromatic rings. The van der Waals surface area contributed by atoms with E-state index in [0.717, 1.165) is 53.7 Å². The SMILES string of the molecule is COCCN(CCn1c(=O)oc2ccc(-c3ccc(C[C@@H](C#N)SNC(=O)[C@@H]4CNCCCO4)cc3)cc21)C1COC1. The van der Waals surface area contributed by atoms with Crippen molar-refractivity contribution in [1.82, 2.24) is 19.5 Å². The van der Waals surface area contributed by atoms with E-state index >= 15 is 0 Å². The fourth-order valence-electron chi connectivity index (χ4n) is 5.04. The molecular weight excluding hydrogens is 558 g/mol. The molecule has 0 bridgehead atoms. The number of hydrogen-bond acceptors (Lipinski definition) is 10. The average Bonchev–Trinajstić information content (AvgIpc) is 3.12. The van der Waals surface area contributed by atoms with Crippen LogP contribution in [0.4, 0.5) is 0 Å². The Morgan fingerprint density at radius 2 is 2.05 bits per heavy atom. The number of rotatable bonds is 13. The maximum Gasteiger partial charge on any atom is 0.419 e. The summed E-state index contributed by atoms with van der Waals surface area (Å²) in [6.45, 7) is 5.81. The Balaban J connectivity index is 1.22. The number of hydrogen-bond donors (Lipinski definition) is 2. The van der Waals surface area contributed by atoms with E-state index in [4.69, 9.17) is 18.6 Å². The number of fused-ring (bicyclic) bond motifs is 1. The molecule has 2 aliphatic heterocycles. The zero-order valence-corrected chi connectivity index (χ0v) is 24.6. The highest BCUT2D eigenvalue weighted by molar-refractivity contribution is 7.98. The maximum atomic E-state index is 12.7. The molecule has 0 aliphatic carbocycles. The molecule has 2 atom stereocenters. The van der Waals surface area contributed by atoms with Crippen molar-refractivity contribution in [2.24, 2.45) is 0 Å². The lowest BCUT2D eigenvalue weighted by atomic mass is 10.0. The first-order valence-corrected chi connectivity index (χ1v) is 15.1. The van der Waals surface area contributed by atoms with E-state index in [-0.39, 0.29) is 11.7 Å². The predicted octanol–water partition coefficient (Wildman–Crippen LogP) is 2.19. The van der Waals surface area contributed by atoms with Gasteiger partial charge in [0.2, 0.25) is 0 Å². The van der Waals surface area contributed by atoms with Crippen molar-refractivity contribution < 1.29 is 23.4 Å². The molecule has 3 heterocycles. The molecule has 2 fully saturated rings. The monoisotopic (exact) mass is 595 g/mol. The number of carbonyl (C=O) groups is 1. The predicted molar refractivity (Wildman–Crippen MR) is 160 cm³/mol. The molecule has 2 saturated heterocycles. The van der Waals surface area contributed by atoms with Crippen molar-refractivity contribution in [2.45, 2.75) is 36.8 Å². The lowest BCUT2D eigenvalue weighted by Crippen LogP contribution is -2.51. The van der Waals surface area contributed by atoms with Crippen LogP contribution in [0.2, 0.25) is 0 Å². The maximum absolute atomic E-state index is 12.7. The highest BCUT2D eigenvalue weighted by atomic mass is 32.2. The number of ether oxygens (including phenoxy) is 3. The zero-order chi connectivity index (χ0) is 29.3. The fraction of sp³-hybridized carbons (Fsp3) is 0.500. The Bertz CT molecular complexity index is 1420. The summed E-state index contributed by atoms with van der Waals surface area (Å²) < 4.78 is 26.2. The van der Waals surface area contributed by atoms with Crippen LogP contribution >= 0.6 is 11.9 Å². The van der Waals surface area contributed by atoms with Crippen molar-refractivity contribution >= 4 is 29.0 Å². The fourth-order valence-corrected chi connectivity index (χ4v) is 5.76. The summed E-state index contributed by atoms with van der Waals surface area (Å²) in [5, 5.41) is 12.4. The van der Waals surface area contributed by atoms with Gasteiger partial charge in [0.1, 0.15) is 11.4 Å². The Kier molecular flexibility index (Phi) is 10.7. The van der Waals surface area contributed by atoms with E-state index in [1.54, 1.807) is 11.7 Å². The normalized spacial score (nSPS) is 18.4. The molecule has 2 N–H and O–H groups in total. The molecule has 2 aromatic carbocycles. The number of nitrogens with one attached hydrogen (secondary N) is 2. The molecule has 224 valence electrons. The first-order chi connectivity index (χ1) is 20.6. The topological polar surface area (TPSA) is 131 Å². The van der Waals surface area contributed by atoms with E-state index in [1.165, 1.54) is 0 Å². The summed E-state index contributed by atoms with van der Waals surface area (Å²) >= 11 is 1.12. The van der Waals surface area contributed by atoms with E-state index in [2.05, 4.69) is 21.0 Å². The van der Waals surface area contributed by atoms with Crippen molar-refractivity contribution in [2.75, 3.05) is 59.7 Å². The molecule has 42 heavy (non-hydrogen) atoms. The number of aromatic nitrogens is 1. The van der Waals surface area contributed by atoms with Gasteiger partial charge < -0.3 is 23.9 Å². The third-order valence-electron chi connectivity index (χ3n) is 7.59. The smallest absolute Gasteiger partial charge is 0.408 e. The Morgan fingerprint density at radius 3 is 2.79 bits per heavy atom. The molecule has 1 amide bonds. The van der Waals surface area contributed by atoms with Gasteiger partial charge in [-0.25, -0.2) is 4.79 Å². The van der Waals surface area contributed by atoms with Gasteiger partial charge in [-0.15, -0.1) is 0 Å². The standard InChI is InChI=1S/C30H37N5O6S/c1-38-14-12-34(24-19-39-20-24)10-11-35-26-16-23(7-8-27(26)41-30(35)37)22-5-3-21(4-6-22)15-25(17-31)42-33-29(36)28-18-32-9-2-13-40-28/h3-8,16,24-25,28,32H,2,9-15,18-20H2,1H3,(H,33,36)/t25-,28-/m0/s1. The number of nitrogens with zero attached hydrogens (tertiary/aromatic N) is 3. The zero-order valence-electron chi connectivity index (χ0n) is 23.8. The second-order valence-corrected chi connectivity index (χ2v) is 11.5. The van der Waals surface area contributed by atoms with Crippen LogP contribution in [0, 0.1) is 11.3 Å². The van der Waals surface area contributed by atoms with E-state index < -0.39 is 11.4 Å². The Morgan fingerprint density at radius 1 is 1.24 bits per heavy atom. The second kappa shape index (κ2) is 14.8. The summed E-state index contributed by atoms with van der Waals surface area (Å²) in [5.74, 6) is -0.596. The van der Waals surface area contributed by atoms with Gasteiger partial charge in [-0.1, -0.05) is 30.3 Å². The number of amides is 1. The number of nitriles is 1. The quantitative estimate of drug-likeness (QED) is 0.284. The number of carbonyl (C=O) groups excluding carboxylic acids is 1. The minimum atomic E-state index is -0.547. The molecule has 12 heteroatoms. The van der Waals surface area contributed by atoms with Crippen LogP contribution in [0.1, 0.15) is 12.0 Å². The first kappa shape index (κ1) is 30.3. The van der Waals surface area contributed by atoms with Crippen molar-refractivity contribution in [1.29, 1.82) is 5.26 Å². The van der Waals surface area contributed by atoms with Crippen molar-refractivity contribution in [3.8, 4) is 17.2 Å². The van der Waals surface area contributed by atoms with Crippen LogP contribution in [0.15, 0.2) is 51.7 Å². The Labute approximate surface area is 249 Å². The summed E-state index contributed by atoms with van der Waals surface area (Å²) in [6, 6.07) is 16.3. The third-order valence-corrected chi connectivity index (χ3v) is 8.47. The summed E-state index contributed by atoms with van der Waals surface area (Å²) in [5.41, 5.74) is 4.24. The molecule has 2 aliphatic rings. The number of benzene rings is 2. The molecule has 0 saturated carbocycles. The lowest BCUT2D eigenvalue weighted by molar-refractivity contribution is -0.129. The number of oxazole rings is 1. The molecule has 5 rings (SSSR count). The van der Waals surface area contributed by atoms with Crippen LogP contribution in [-0.2, 0) is 32.0 Å². The van der Waals surface area contributed by atoms with Crippen molar-refractivity contribution in [3.05, 3.63) is 58.6 Å². The number of methoxy groups -OCH3 is 1. The molecule has 0 radical (unpaired) electrons. The highest BCUT2D eigenvalue weighted by Gasteiger charge is 2.26. The minimum absolute atomic E-state index is 0.224.